The lowest BCUT2D eigenvalue weighted by Gasteiger charge is -2.36. The van der Waals surface area contributed by atoms with Crippen molar-refractivity contribution in [3.8, 4) is 6.07 Å². The van der Waals surface area contributed by atoms with E-state index in [1.54, 1.807) is 11.3 Å². The Kier molecular flexibility index (Phi) is 5.32. The van der Waals surface area contributed by atoms with E-state index < -0.39 is 0 Å². The van der Waals surface area contributed by atoms with Crippen LogP contribution in [0.1, 0.15) is 30.5 Å². The summed E-state index contributed by atoms with van der Waals surface area (Å²) in [7, 11) is 0. The highest BCUT2D eigenvalue weighted by atomic mass is 32.1. The second-order valence-corrected chi connectivity index (χ2v) is 6.07. The van der Waals surface area contributed by atoms with E-state index in [4.69, 9.17) is 0 Å². The Morgan fingerprint density at radius 1 is 1.42 bits per heavy atom. The monoisotopic (exact) mass is 278 g/mol. The molecule has 0 N–H and O–H groups in total. The zero-order valence-corrected chi connectivity index (χ0v) is 12.6. The van der Waals surface area contributed by atoms with Crippen molar-refractivity contribution in [3.05, 3.63) is 16.1 Å². The normalized spacial score (nSPS) is 19.2. The lowest BCUT2D eigenvalue weighted by atomic mass is 10.1. The van der Waals surface area contributed by atoms with Gasteiger partial charge in [0, 0.05) is 37.3 Å². The van der Waals surface area contributed by atoms with Gasteiger partial charge in [0.1, 0.15) is 5.01 Å². The van der Waals surface area contributed by atoms with Crippen molar-refractivity contribution in [3.63, 3.8) is 0 Å². The SMILES string of the molecule is CCCC(C#N)N1CCN(Cc2nc(C)cs2)CC1. The van der Waals surface area contributed by atoms with Crippen LogP contribution in [0.15, 0.2) is 5.38 Å². The van der Waals surface area contributed by atoms with Crippen molar-refractivity contribution in [2.24, 2.45) is 0 Å². The van der Waals surface area contributed by atoms with Crippen LogP contribution in [-0.4, -0.2) is 47.0 Å². The molecule has 0 aromatic carbocycles. The molecule has 2 rings (SSSR count). The van der Waals surface area contributed by atoms with Crippen LogP contribution in [0, 0.1) is 18.3 Å². The van der Waals surface area contributed by atoms with Gasteiger partial charge in [-0.25, -0.2) is 4.98 Å². The minimum Gasteiger partial charge on any atom is -0.294 e. The van der Waals surface area contributed by atoms with Crippen LogP contribution in [0.4, 0.5) is 0 Å². The molecule has 19 heavy (non-hydrogen) atoms. The highest BCUT2D eigenvalue weighted by molar-refractivity contribution is 7.09. The predicted octanol–water partition coefficient (Wildman–Crippen LogP) is 2.26. The number of piperazine rings is 1. The number of aryl methyl sites for hydroxylation is 1. The van der Waals surface area contributed by atoms with E-state index in [2.05, 4.69) is 33.2 Å². The Bertz CT molecular complexity index is 429. The lowest BCUT2D eigenvalue weighted by molar-refractivity contribution is 0.106. The molecule has 1 aliphatic heterocycles. The van der Waals surface area contributed by atoms with Gasteiger partial charge in [0.05, 0.1) is 18.7 Å². The molecule has 1 aromatic heterocycles. The summed E-state index contributed by atoms with van der Waals surface area (Å²) in [5.74, 6) is 0. The van der Waals surface area contributed by atoms with Gasteiger partial charge in [-0.15, -0.1) is 11.3 Å². The highest BCUT2D eigenvalue weighted by Gasteiger charge is 2.23. The third-order valence-electron chi connectivity index (χ3n) is 3.58. The Morgan fingerprint density at radius 2 is 2.16 bits per heavy atom. The second kappa shape index (κ2) is 6.99. The first-order chi connectivity index (χ1) is 9.22. The van der Waals surface area contributed by atoms with Crippen LogP contribution in [0.25, 0.3) is 0 Å². The molecule has 1 atom stereocenters. The van der Waals surface area contributed by atoms with E-state index in [0.29, 0.717) is 0 Å². The van der Waals surface area contributed by atoms with Gasteiger partial charge in [-0.05, 0) is 13.3 Å². The lowest BCUT2D eigenvalue weighted by Crippen LogP contribution is -2.49. The molecule has 1 fully saturated rings. The van der Waals surface area contributed by atoms with E-state index >= 15 is 0 Å². The average molecular weight is 278 g/mol. The fraction of sp³-hybridized carbons (Fsp3) is 0.714. The topological polar surface area (TPSA) is 43.2 Å². The number of nitrogens with zero attached hydrogens (tertiary/aromatic N) is 4. The summed E-state index contributed by atoms with van der Waals surface area (Å²) in [4.78, 5) is 9.28. The van der Waals surface area contributed by atoms with Crippen LogP contribution >= 0.6 is 11.3 Å². The van der Waals surface area contributed by atoms with E-state index in [9.17, 15) is 5.26 Å². The summed E-state index contributed by atoms with van der Waals surface area (Å²) in [5.41, 5.74) is 1.12. The van der Waals surface area contributed by atoms with E-state index in [1.165, 1.54) is 5.01 Å². The predicted molar refractivity (Wildman–Crippen MR) is 78.0 cm³/mol. The fourth-order valence-corrected chi connectivity index (χ4v) is 3.32. The Balaban J connectivity index is 1.80. The van der Waals surface area contributed by atoms with Gasteiger partial charge in [0.2, 0.25) is 0 Å². The van der Waals surface area contributed by atoms with Gasteiger partial charge in [-0.1, -0.05) is 13.3 Å². The third-order valence-corrected chi connectivity index (χ3v) is 4.54. The number of hydrogen-bond acceptors (Lipinski definition) is 5. The van der Waals surface area contributed by atoms with Crippen LogP contribution in [-0.2, 0) is 6.54 Å². The maximum atomic E-state index is 9.20. The first-order valence-corrected chi connectivity index (χ1v) is 7.88. The van der Waals surface area contributed by atoms with Crippen LogP contribution in [0.3, 0.4) is 0 Å². The van der Waals surface area contributed by atoms with Gasteiger partial charge in [-0.3, -0.25) is 9.80 Å². The molecule has 5 heteroatoms. The Hall–Kier alpha value is -0.960. The maximum absolute atomic E-state index is 9.20. The van der Waals surface area contributed by atoms with Gasteiger partial charge >= 0.3 is 0 Å². The average Bonchev–Trinajstić information content (AvgIpc) is 2.82. The van der Waals surface area contributed by atoms with Gasteiger partial charge < -0.3 is 0 Å². The molecule has 104 valence electrons. The van der Waals surface area contributed by atoms with E-state index in [0.717, 1.165) is 51.3 Å². The van der Waals surface area contributed by atoms with Gasteiger partial charge in [0.25, 0.3) is 0 Å². The Morgan fingerprint density at radius 3 is 2.68 bits per heavy atom. The summed E-state index contributed by atoms with van der Waals surface area (Å²) in [6.07, 6.45) is 2.07. The molecular formula is C14H22N4S. The number of rotatable bonds is 5. The third kappa shape index (κ3) is 4.00. The summed E-state index contributed by atoms with van der Waals surface area (Å²) in [6.45, 7) is 9.23. The molecule has 0 radical (unpaired) electrons. The highest BCUT2D eigenvalue weighted by Crippen LogP contribution is 2.15. The molecular weight excluding hydrogens is 256 g/mol. The van der Waals surface area contributed by atoms with Gasteiger partial charge in [-0.2, -0.15) is 5.26 Å². The first kappa shape index (κ1) is 14.4. The molecule has 1 aliphatic rings. The number of thiazole rings is 1. The van der Waals surface area contributed by atoms with Crippen LogP contribution in [0.2, 0.25) is 0 Å². The zero-order chi connectivity index (χ0) is 13.7. The minimum atomic E-state index is 0.106. The van der Waals surface area contributed by atoms with Crippen molar-refractivity contribution < 1.29 is 0 Å². The number of hydrogen-bond donors (Lipinski definition) is 0. The fourth-order valence-electron chi connectivity index (χ4n) is 2.50. The van der Waals surface area contributed by atoms with Crippen molar-refractivity contribution in [1.29, 1.82) is 5.26 Å². The standard InChI is InChI=1S/C14H22N4S/c1-3-4-13(9-15)18-7-5-17(6-8-18)10-14-16-12(2)11-19-14/h11,13H,3-8,10H2,1-2H3. The largest absolute Gasteiger partial charge is 0.294 e. The molecule has 0 spiro atoms. The first-order valence-electron chi connectivity index (χ1n) is 7.00. The number of aromatic nitrogens is 1. The maximum Gasteiger partial charge on any atom is 0.107 e. The van der Waals surface area contributed by atoms with Gasteiger partial charge in [0.15, 0.2) is 0 Å². The second-order valence-electron chi connectivity index (χ2n) is 5.13. The van der Waals surface area contributed by atoms with Crippen molar-refractivity contribution in [2.75, 3.05) is 26.2 Å². The zero-order valence-electron chi connectivity index (χ0n) is 11.8. The molecule has 0 saturated carbocycles. The smallest absolute Gasteiger partial charge is 0.107 e. The molecule has 0 amide bonds. The summed E-state index contributed by atoms with van der Waals surface area (Å²) >= 11 is 1.74. The van der Waals surface area contributed by atoms with Crippen molar-refractivity contribution in [2.45, 2.75) is 39.3 Å². The molecule has 2 heterocycles. The summed E-state index contributed by atoms with van der Waals surface area (Å²) in [5, 5.41) is 12.5. The molecule has 1 unspecified atom stereocenters. The molecule has 0 aliphatic carbocycles. The Labute approximate surface area is 119 Å². The van der Waals surface area contributed by atoms with Crippen molar-refractivity contribution in [1.82, 2.24) is 14.8 Å². The minimum absolute atomic E-state index is 0.106. The summed E-state index contributed by atoms with van der Waals surface area (Å²) < 4.78 is 0. The van der Waals surface area contributed by atoms with Crippen molar-refractivity contribution >= 4 is 11.3 Å². The molecule has 4 nitrogen and oxygen atoms in total. The van der Waals surface area contributed by atoms with Crippen LogP contribution in [0.5, 0.6) is 0 Å². The quantitative estimate of drug-likeness (QED) is 0.828. The number of nitriles is 1. The van der Waals surface area contributed by atoms with E-state index in [1.807, 2.05) is 6.92 Å². The van der Waals surface area contributed by atoms with Crippen LogP contribution < -0.4 is 0 Å². The van der Waals surface area contributed by atoms with E-state index in [-0.39, 0.29) is 6.04 Å². The summed E-state index contributed by atoms with van der Waals surface area (Å²) in [6, 6.07) is 2.54. The molecule has 1 saturated heterocycles. The molecule has 1 aromatic rings. The molecule has 0 bridgehead atoms.